The summed E-state index contributed by atoms with van der Waals surface area (Å²) in [6.07, 6.45) is 2.18. The van der Waals surface area contributed by atoms with Gasteiger partial charge in [0.25, 0.3) is 0 Å². The number of nitrogens with zero attached hydrogens (tertiary/aromatic N) is 3. The molecule has 1 saturated heterocycles. The third-order valence-corrected chi connectivity index (χ3v) is 7.61. The van der Waals surface area contributed by atoms with Crippen LogP contribution in [0.5, 0.6) is 0 Å². The molecule has 0 unspecified atom stereocenters. The zero-order valence-corrected chi connectivity index (χ0v) is 19.9. The van der Waals surface area contributed by atoms with E-state index in [1.54, 1.807) is 6.07 Å². The van der Waals surface area contributed by atoms with E-state index in [9.17, 15) is 8.78 Å². The van der Waals surface area contributed by atoms with Crippen LogP contribution in [-0.4, -0.2) is 27.8 Å². The number of benzene rings is 2. The Bertz CT molecular complexity index is 1200. The zero-order valence-electron chi connectivity index (χ0n) is 18.3. The highest BCUT2D eigenvalue weighted by atomic mass is 79.9. The second-order valence-electron chi connectivity index (χ2n) is 9.37. The first-order valence-electron chi connectivity index (χ1n) is 10.9. The van der Waals surface area contributed by atoms with E-state index in [0.29, 0.717) is 28.1 Å². The van der Waals surface area contributed by atoms with E-state index >= 15 is 0 Å². The largest absolute Gasteiger partial charge is 0.370 e. The van der Waals surface area contributed by atoms with Gasteiger partial charge in [-0.1, -0.05) is 40.7 Å². The summed E-state index contributed by atoms with van der Waals surface area (Å²) in [5.41, 5.74) is 6.36. The molecule has 3 aromatic rings. The Morgan fingerprint density at radius 3 is 2.53 bits per heavy atom. The Labute approximate surface area is 195 Å². The van der Waals surface area contributed by atoms with Crippen LogP contribution in [0.15, 0.2) is 49.0 Å². The van der Waals surface area contributed by atoms with Crippen LogP contribution in [0.3, 0.4) is 0 Å². The van der Waals surface area contributed by atoms with E-state index in [0.717, 1.165) is 43.4 Å². The average Bonchev–Trinajstić information content (AvgIpc) is 3.07. The number of para-hydroxylation sites is 1. The molecular weight excluding hydrogens is 472 g/mol. The lowest BCUT2D eigenvalue weighted by molar-refractivity contribution is -0.0412. The minimum Gasteiger partial charge on any atom is -0.370 e. The summed E-state index contributed by atoms with van der Waals surface area (Å²) in [5.74, 6) is -0.616. The fourth-order valence-corrected chi connectivity index (χ4v) is 5.73. The van der Waals surface area contributed by atoms with Crippen molar-refractivity contribution in [3.63, 3.8) is 0 Å². The fourth-order valence-electron chi connectivity index (χ4n) is 5.30. The molecule has 0 N–H and O–H groups in total. The summed E-state index contributed by atoms with van der Waals surface area (Å²) in [4.78, 5) is 2.12. The zero-order chi connectivity index (χ0) is 22.6. The molecule has 2 heterocycles. The summed E-state index contributed by atoms with van der Waals surface area (Å²) >= 11 is 3.27. The molecule has 2 aliphatic rings. The maximum Gasteiger partial charge on any atom is 0.135 e. The summed E-state index contributed by atoms with van der Waals surface area (Å²) < 4.78 is 30.3. The van der Waals surface area contributed by atoms with E-state index in [1.807, 2.05) is 13.0 Å². The van der Waals surface area contributed by atoms with Gasteiger partial charge in [0.1, 0.15) is 11.6 Å². The Morgan fingerprint density at radius 1 is 1.12 bits per heavy atom. The van der Waals surface area contributed by atoms with Crippen molar-refractivity contribution in [1.82, 2.24) is 14.7 Å². The van der Waals surface area contributed by atoms with Crippen molar-refractivity contribution in [2.24, 2.45) is 5.41 Å². The summed E-state index contributed by atoms with van der Waals surface area (Å²) in [6, 6.07) is 13.1. The summed E-state index contributed by atoms with van der Waals surface area (Å²) in [6.45, 7) is 9.99. The molecule has 5 rings (SSSR count). The molecule has 0 radical (unpaired) electrons. The topological polar surface area (TPSA) is 21.1 Å². The van der Waals surface area contributed by atoms with Gasteiger partial charge in [-0.15, -0.1) is 0 Å². The Morgan fingerprint density at radius 2 is 1.84 bits per heavy atom. The van der Waals surface area contributed by atoms with Crippen LogP contribution in [0.1, 0.15) is 46.8 Å². The molecule has 0 atom stereocenters. The normalized spacial score (nSPS) is 17.3. The third-order valence-electron chi connectivity index (χ3n) is 7.01. The molecule has 0 amide bonds. The minimum atomic E-state index is -0.553. The molecule has 3 nitrogen and oxygen atoms in total. The third kappa shape index (κ3) is 3.49. The van der Waals surface area contributed by atoms with Crippen LogP contribution in [0.2, 0.25) is 0 Å². The van der Waals surface area contributed by atoms with Crippen LogP contribution in [0.4, 0.5) is 8.78 Å². The number of alkyl halides is 1. The van der Waals surface area contributed by atoms with Crippen molar-refractivity contribution in [3.05, 3.63) is 88.8 Å². The van der Waals surface area contributed by atoms with Crippen LogP contribution in [-0.2, 0) is 5.33 Å². The van der Waals surface area contributed by atoms with Gasteiger partial charge in [0.15, 0.2) is 0 Å². The summed E-state index contributed by atoms with van der Waals surface area (Å²) in [5, 5.41) is 5.11. The summed E-state index contributed by atoms with van der Waals surface area (Å²) in [7, 11) is 0. The molecule has 166 valence electrons. The van der Waals surface area contributed by atoms with Gasteiger partial charge >= 0.3 is 0 Å². The maximum absolute atomic E-state index is 14.4. The highest BCUT2D eigenvalue weighted by molar-refractivity contribution is 9.08. The predicted molar refractivity (Wildman–Crippen MR) is 127 cm³/mol. The number of hydrogen-bond acceptors (Lipinski definition) is 2. The van der Waals surface area contributed by atoms with Gasteiger partial charge in [-0.2, -0.15) is 5.10 Å². The molecule has 1 saturated carbocycles. The number of likely N-dealkylation sites (tertiary alicyclic amines) is 1. The van der Waals surface area contributed by atoms with Crippen LogP contribution in [0.25, 0.3) is 11.4 Å². The highest BCUT2D eigenvalue weighted by Crippen LogP contribution is 2.57. The monoisotopic (exact) mass is 497 g/mol. The number of halogens is 3. The molecule has 32 heavy (non-hydrogen) atoms. The van der Waals surface area contributed by atoms with Gasteiger partial charge in [-0.25, -0.2) is 13.5 Å². The first kappa shape index (κ1) is 21.4. The first-order valence-corrected chi connectivity index (χ1v) is 12.0. The van der Waals surface area contributed by atoms with Crippen molar-refractivity contribution in [2.45, 2.75) is 37.9 Å². The highest BCUT2D eigenvalue weighted by Gasteiger charge is 2.53. The van der Waals surface area contributed by atoms with Gasteiger partial charge in [-0.05, 0) is 56.0 Å². The van der Waals surface area contributed by atoms with Crippen molar-refractivity contribution in [1.29, 1.82) is 0 Å². The van der Waals surface area contributed by atoms with Crippen molar-refractivity contribution in [3.8, 4) is 5.69 Å². The smallest absolute Gasteiger partial charge is 0.135 e. The number of rotatable bonds is 5. The van der Waals surface area contributed by atoms with Crippen molar-refractivity contribution >= 4 is 21.6 Å². The van der Waals surface area contributed by atoms with Gasteiger partial charge in [0.05, 0.1) is 11.4 Å². The van der Waals surface area contributed by atoms with Gasteiger partial charge < -0.3 is 4.90 Å². The average molecular weight is 498 g/mol. The molecule has 1 aliphatic carbocycles. The van der Waals surface area contributed by atoms with Crippen LogP contribution in [0, 0.1) is 30.9 Å². The Hall–Kier alpha value is -2.47. The predicted octanol–water partition coefficient (Wildman–Crippen LogP) is 6.51. The first-order chi connectivity index (χ1) is 15.3. The molecule has 1 aliphatic heterocycles. The SMILES string of the molecule is C=C(c1cc(CBr)c(F)cc1F)N1CC2(CC(c3cc(C)nn3-c3ccccc3C)C2)C1. The lowest BCUT2D eigenvalue weighted by Gasteiger charge is -2.60. The standard InChI is InChI=1S/C26H26BrF2N3/c1-16-6-4-5-7-24(16)32-25(8-17(2)30-32)20-11-26(12-20)14-31(15-26)18(3)21-9-19(13-27)22(28)10-23(21)29/h4-10,20H,3,11-15H2,1-2H3. The fraction of sp³-hybridized carbons (Fsp3) is 0.346. The lowest BCUT2D eigenvalue weighted by atomic mass is 9.56. The molecular formula is C26H26BrF2N3. The molecule has 1 spiro atoms. The number of hydrogen-bond donors (Lipinski definition) is 0. The van der Waals surface area contributed by atoms with E-state index in [4.69, 9.17) is 5.10 Å². The number of aromatic nitrogens is 2. The van der Waals surface area contributed by atoms with Crippen molar-refractivity contribution < 1.29 is 8.78 Å². The van der Waals surface area contributed by atoms with Gasteiger partial charge in [-0.3, -0.25) is 0 Å². The van der Waals surface area contributed by atoms with E-state index in [2.05, 4.69) is 63.3 Å². The molecule has 6 heteroatoms. The van der Waals surface area contributed by atoms with E-state index in [-0.39, 0.29) is 5.41 Å². The molecule has 1 aromatic heterocycles. The molecule has 2 fully saturated rings. The minimum absolute atomic E-state index is 0.247. The Balaban J connectivity index is 1.28. The maximum atomic E-state index is 14.4. The Kier molecular flexibility index (Phi) is 5.24. The number of aryl methyl sites for hydroxylation is 2. The van der Waals surface area contributed by atoms with E-state index < -0.39 is 11.6 Å². The van der Waals surface area contributed by atoms with Crippen molar-refractivity contribution in [2.75, 3.05) is 13.1 Å². The second-order valence-corrected chi connectivity index (χ2v) is 9.93. The van der Waals surface area contributed by atoms with E-state index in [1.165, 1.54) is 11.3 Å². The molecule has 2 aromatic carbocycles. The van der Waals surface area contributed by atoms with Crippen LogP contribution < -0.4 is 0 Å². The molecule has 0 bridgehead atoms. The lowest BCUT2D eigenvalue weighted by Crippen LogP contribution is -2.60. The van der Waals surface area contributed by atoms with Gasteiger partial charge in [0.2, 0.25) is 0 Å². The quantitative estimate of drug-likeness (QED) is 0.374. The second kappa shape index (κ2) is 7.84. The van der Waals surface area contributed by atoms with Crippen LogP contribution >= 0.6 is 15.9 Å². The van der Waals surface area contributed by atoms with Gasteiger partial charge in [0, 0.05) is 52.8 Å².